The second-order valence-electron chi connectivity index (χ2n) is 6.58. The normalized spacial score (nSPS) is 12.5. The Bertz CT molecular complexity index is 626. The Morgan fingerprint density at radius 3 is 2.25 bits per heavy atom. The van der Waals surface area contributed by atoms with E-state index in [1.165, 1.54) is 0 Å². The number of hydrogen-bond acceptors (Lipinski definition) is 3. The van der Waals surface area contributed by atoms with E-state index < -0.39 is 6.10 Å². The molecule has 1 amide bonds. The van der Waals surface area contributed by atoms with Gasteiger partial charge in [0.1, 0.15) is 5.75 Å². The third kappa shape index (κ3) is 5.39. The van der Waals surface area contributed by atoms with Crippen LogP contribution in [0.2, 0.25) is 0 Å². The number of benzene rings is 2. The highest BCUT2D eigenvalue weighted by molar-refractivity contribution is 5.82. The van der Waals surface area contributed by atoms with Crippen LogP contribution in [-0.4, -0.2) is 24.2 Å². The van der Waals surface area contributed by atoms with Crippen LogP contribution >= 0.6 is 0 Å². The van der Waals surface area contributed by atoms with Gasteiger partial charge in [0.15, 0.2) is 0 Å². The van der Waals surface area contributed by atoms with Gasteiger partial charge in [-0.3, -0.25) is 4.79 Å². The highest BCUT2D eigenvalue weighted by Gasteiger charge is 2.25. The minimum absolute atomic E-state index is 0.103. The van der Waals surface area contributed by atoms with Crippen LogP contribution < -0.4 is 10.1 Å². The summed E-state index contributed by atoms with van der Waals surface area (Å²) in [6.45, 7) is 4.61. The Morgan fingerprint density at radius 2 is 1.67 bits per heavy atom. The molecule has 1 unspecified atom stereocenters. The van der Waals surface area contributed by atoms with Crippen molar-refractivity contribution in [3.63, 3.8) is 0 Å². The highest BCUT2D eigenvalue weighted by atomic mass is 16.5. The second kappa shape index (κ2) is 8.50. The van der Waals surface area contributed by atoms with Crippen LogP contribution in [0.15, 0.2) is 60.7 Å². The lowest BCUT2D eigenvalue weighted by molar-refractivity contribution is -0.128. The van der Waals surface area contributed by atoms with Gasteiger partial charge in [-0.1, -0.05) is 62.4 Å². The number of nitrogens with one attached hydrogen (secondary N) is 1. The fraction of sp³-hybridized carbons (Fsp3) is 0.350. The zero-order valence-corrected chi connectivity index (χ0v) is 14.2. The van der Waals surface area contributed by atoms with E-state index in [1.807, 2.05) is 74.5 Å². The van der Waals surface area contributed by atoms with Crippen molar-refractivity contribution in [3.8, 4) is 5.75 Å². The van der Waals surface area contributed by atoms with Gasteiger partial charge in [-0.2, -0.15) is 0 Å². The summed E-state index contributed by atoms with van der Waals surface area (Å²) in [6, 6.07) is 18.8. The maximum absolute atomic E-state index is 12.7. The summed E-state index contributed by atoms with van der Waals surface area (Å²) in [5, 5.41) is 12.1. The van der Waals surface area contributed by atoms with Crippen molar-refractivity contribution < 1.29 is 14.6 Å². The fourth-order valence-electron chi connectivity index (χ4n) is 2.35. The highest BCUT2D eigenvalue weighted by Crippen LogP contribution is 2.23. The molecule has 0 fully saturated rings. The summed E-state index contributed by atoms with van der Waals surface area (Å²) in [7, 11) is 0. The van der Waals surface area contributed by atoms with Gasteiger partial charge in [-0.25, -0.2) is 0 Å². The molecule has 4 heteroatoms. The number of amides is 1. The number of carbonyl (C=O) groups excluding carboxylic acids is 1. The predicted octanol–water partition coefficient (Wildman–Crippen LogP) is 3.33. The molecule has 0 saturated heterocycles. The quantitative estimate of drug-likeness (QED) is 0.782. The SMILES string of the molecule is CC(C)(CCO)CNC(=O)C(Oc1ccccc1)c1ccccc1. The van der Waals surface area contributed by atoms with E-state index in [9.17, 15) is 4.79 Å². The van der Waals surface area contributed by atoms with Crippen molar-refractivity contribution in [2.24, 2.45) is 5.41 Å². The molecule has 0 aromatic heterocycles. The van der Waals surface area contributed by atoms with Gasteiger partial charge in [0.2, 0.25) is 6.10 Å². The molecule has 2 rings (SSSR count). The summed E-state index contributed by atoms with van der Waals surface area (Å²) in [5.74, 6) is 0.465. The Balaban J connectivity index is 2.12. The smallest absolute Gasteiger partial charge is 0.265 e. The number of hydrogen-bond donors (Lipinski definition) is 2. The van der Waals surface area contributed by atoms with E-state index in [1.54, 1.807) is 0 Å². The van der Waals surface area contributed by atoms with Gasteiger partial charge in [-0.05, 0) is 24.0 Å². The lowest BCUT2D eigenvalue weighted by Gasteiger charge is -2.26. The number of para-hydroxylation sites is 1. The van der Waals surface area contributed by atoms with E-state index in [0.29, 0.717) is 18.7 Å². The molecule has 1 atom stereocenters. The van der Waals surface area contributed by atoms with E-state index in [-0.39, 0.29) is 17.9 Å². The number of rotatable bonds is 8. The van der Waals surface area contributed by atoms with Gasteiger partial charge in [-0.15, -0.1) is 0 Å². The maximum atomic E-state index is 12.7. The van der Waals surface area contributed by atoms with Crippen LogP contribution in [0.4, 0.5) is 0 Å². The number of aliphatic hydroxyl groups is 1. The molecular weight excluding hydrogens is 302 g/mol. The maximum Gasteiger partial charge on any atom is 0.265 e. The molecule has 0 aliphatic heterocycles. The first-order chi connectivity index (χ1) is 11.5. The van der Waals surface area contributed by atoms with Gasteiger partial charge in [0.25, 0.3) is 5.91 Å². The van der Waals surface area contributed by atoms with Gasteiger partial charge in [0.05, 0.1) is 0 Å². The van der Waals surface area contributed by atoms with Gasteiger partial charge < -0.3 is 15.2 Å². The van der Waals surface area contributed by atoms with Gasteiger partial charge >= 0.3 is 0 Å². The van der Waals surface area contributed by atoms with Crippen LogP contribution in [-0.2, 0) is 4.79 Å². The van der Waals surface area contributed by atoms with Crippen molar-refractivity contribution in [1.29, 1.82) is 0 Å². The zero-order chi connectivity index (χ0) is 17.4. The molecule has 0 aliphatic carbocycles. The van der Waals surface area contributed by atoms with E-state index in [0.717, 1.165) is 5.56 Å². The zero-order valence-electron chi connectivity index (χ0n) is 14.2. The standard InChI is InChI=1S/C20H25NO3/c1-20(2,13-14-22)15-21-19(23)18(16-9-5-3-6-10-16)24-17-11-7-4-8-12-17/h3-12,18,22H,13-15H2,1-2H3,(H,21,23). The number of aliphatic hydroxyl groups excluding tert-OH is 1. The largest absolute Gasteiger partial charge is 0.476 e. The summed E-state index contributed by atoms with van der Waals surface area (Å²) >= 11 is 0. The second-order valence-corrected chi connectivity index (χ2v) is 6.58. The molecule has 2 aromatic carbocycles. The molecule has 2 N–H and O–H groups in total. The first-order valence-electron chi connectivity index (χ1n) is 8.17. The Morgan fingerprint density at radius 1 is 1.08 bits per heavy atom. The fourth-order valence-corrected chi connectivity index (χ4v) is 2.35. The Kier molecular flexibility index (Phi) is 6.38. The van der Waals surface area contributed by atoms with Crippen LogP contribution in [0.3, 0.4) is 0 Å². The van der Waals surface area contributed by atoms with Crippen molar-refractivity contribution in [2.45, 2.75) is 26.4 Å². The molecule has 0 spiro atoms. The van der Waals surface area contributed by atoms with Crippen LogP contribution in [0.25, 0.3) is 0 Å². The first-order valence-corrected chi connectivity index (χ1v) is 8.17. The molecule has 2 aromatic rings. The Labute approximate surface area is 143 Å². The van der Waals surface area contributed by atoms with E-state index in [4.69, 9.17) is 9.84 Å². The third-order valence-corrected chi connectivity index (χ3v) is 3.87. The molecule has 0 bridgehead atoms. The van der Waals surface area contributed by atoms with Crippen LogP contribution in [0.1, 0.15) is 31.9 Å². The first kappa shape index (κ1) is 18.0. The molecule has 0 aliphatic rings. The average Bonchev–Trinajstić information content (AvgIpc) is 2.59. The summed E-state index contributed by atoms with van der Waals surface area (Å²) in [5.41, 5.74) is 0.636. The van der Waals surface area contributed by atoms with Crippen molar-refractivity contribution in [1.82, 2.24) is 5.32 Å². The number of carbonyl (C=O) groups is 1. The third-order valence-electron chi connectivity index (χ3n) is 3.87. The topological polar surface area (TPSA) is 58.6 Å². The van der Waals surface area contributed by atoms with Gasteiger partial charge in [0, 0.05) is 18.7 Å². The minimum Gasteiger partial charge on any atom is -0.476 e. The average molecular weight is 327 g/mol. The van der Waals surface area contributed by atoms with E-state index in [2.05, 4.69) is 5.32 Å². The Hall–Kier alpha value is -2.33. The van der Waals surface area contributed by atoms with Crippen molar-refractivity contribution in [3.05, 3.63) is 66.2 Å². The van der Waals surface area contributed by atoms with Crippen LogP contribution in [0, 0.1) is 5.41 Å². The molecule has 24 heavy (non-hydrogen) atoms. The monoisotopic (exact) mass is 327 g/mol. The molecule has 0 saturated carbocycles. The lowest BCUT2D eigenvalue weighted by Crippen LogP contribution is -2.38. The van der Waals surface area contributed by atoms with Crippen molar-refractivity contribution in [2.75, 3.05) is 13.2 Å². The van der Waals surface area contributed by atoms with Crippen LogP contribution in [0.5, 0.6) is 5.75 Å². The number of ether oxygens (including phenoxy) is 1. The molecule has 4 nitrogen and oxygen atoms in total. The van der Waals surface area contributed by atoms with E-state index >= 15 is 0 Å². The summed E-state index contributed by atoms with van der Waals surface area (Å²) in [6.07, 6.45) is -0.0819. The molecule has 128 valence electrons. The van der Waals surface area contributed by atoms with Crippen molar-refractivity contribution >= 4 is 5.91 Å². The lowest BCUT2D eigenvalue weighted by atomic mass is 9.89. The minimum atomic E-state index is -0.710. The summed E-state index contributed by atoms with van der Waals surface area (Å²) < 4.78 is 5.93. The molecule has 0 radical (unpaired) electrons. The molecule has 0 heterocycles. The summed E-state index contributed by atoms with van der Waals surface area (Å²) in [4.78, 5) is 12.7. The molecular formula is C20H25NO3. The predicted molar refractivity (Wildman–Crippen MR) is 94.7 cm³/mol.